The monoisotopic (exact) mass is 346 g/mol. The van der Waals surface area contributed by atoms with E-state index < -0.39 is 11.5 Å². The highest BCUT2D eigenvalue weighted by Gasteiger charge is 2.12. The quantitative estimate of drug-likeness (QED) is 0.717. The van der Waals surface area contributed by atoms with E-state index in [1.165, 1.54) is 5.56 Å². The highest BCUT2D eigenvalue weighted by atomic mass is 16.2. The molecular formula is C22H22N2O2. The molecule has 26 heavy (non-hydrogen) atoms. The van der Waals surface area contributed by atoms with Gasteiger partial charge in [0.05, 0.1) is 0 Å². The van der Waals surface area contributed by atoms with Gasteiger partial charge >= 0.3 is 0 Å². The zero-order valence-electron chi connectivity index (χ0n) is 15.2. The predicted octanol–water partition coefficient (Wildman–Crippen LogP) is 4.73. The Hall–Kier alpha value is -3.14. The number of carbonyl (C=O) groups is 1. The van der Waals surface area contributed by atoms with Crippen LogP contribution in [0.5, 0.6) is 0 Å². The van der Waals surface area contributed by atoms with Crippen molar-refractivity contribution in [1.29, 1.82) is 0 Å². The number of aromatic nitrogens is 1. The average molecular weight is 346 g/mol. The number of aryl methyl sites for hydroxylation is 1. The van der Waals surface area contributed by atoms with Gasteiger partial charge in [0.15, 0.2) is 0 Å². The number of amides is 1. The van der Waals surface area contributed by atoms with Crippen molar-refractivity contribution in [2.45, 2.75) is 26.7 Å². The number of H-pyrrole nitrogens is 1. The van der Waals surface area contributed by atoms with Gasteiger partial charge in [0.2, 0.25) is 0 Å². The van der Waals surface area contributed by atoms with Crippen LogP contribution in [0.1, 0.15) is 41.3 Å². The number of anilines is 1. The van der Waals surface area contributed by atoms with Crippen molar-refractivity contribution in [3.05, 3.63) is 87.7 Å². The van der Waals surface area contributed by atoms with Crippen LogP contribution < -0.4 is 10.9 Å². The van der Waals surface area contributed by atoms with Crippen molar-refractivity contribution in [2.75, 3.05) is 5.32 Å². The first-order chi connectivity index (χ1) is 12.4. The highest BCUT2D eigenvalue weighted by Crippen LogP contribution is 2.18. The summed E-state index contributed by atoms with van der Waals surface area (Å²) in [6, 6.07) is 18.8. The molecule has 0 atom stereocenters. The molecule has 3 aromatic rings. The molecule has 4 heteroatoms. The van der Waals surface area contributed by atoms with Crippen LogP contribution in [0, 0.1) is 6.92 Å². The summed E-state index contributed by atoms with van der Waals surface area (Å²) in [6.07, 6.45) is 0. The summed E-state index contributed by atoms with van der Waals surface area (Å²) in [6.45, 7) is 6.24. The first-order valence-electron chi connectivity index (χ1n) is 8.66. The second-order valence-electron chi connectivity index (χ2n) is 6.71. The minimum atomic E-state index is -0.418. The van der Waals surface area contributed by atoms with E-state index in [1.807, 2.05) is 55.5 Å². The molecule has 0 bridgehead atoms. The lowest BCUT2D eigenvalue weighted by atomic mass is 10.0. The molecule has 1 amide bonds. The van der Waals surface area contributed by atoms with Crippen LogP contribution in [0.2, 0.25) is 0 Å². The van der Waals surface area contributed by atoms with Gasteiger partial charge in [0.25, 0.3) is 11.5 Å². The smallest absolute Gasteiger partial charge is 0.261 e. The molecule has 0 saturated heterocycles. The predicted molar refractivity (Wildman–Crippen MR) is 106 cm³/mol. The largest absolute Gasteiger partial charge is 0.322 e. The van der Waals surface area contributed by atoms with Crippen LogP contribution in [0.15, 0.2) is 65.5 Å². The van der Waals surface area contributed by atoms with E-state index in [4.69, 9.17) is 0 Å². The summed E-state index contributed by atoms with van der Waals surface area (Å²) in [7, 11) is 0. The molecule has 4 nitrogen and oxygen atoms in total. The Labute approximate surface area is 152 Å². The lowest BCUT2D eigenvalue weighted by Gasteiger charge is -2.09. The molecule has 0 aliphatic rings. The van der Waals surface area contributed by atoms with Crippen LogP contribution in [0.25, 0.3) is 11.3 Å². The number of pyridine rings is 1. The fourth-order valence-corrected chi connectivity index (χ4v) is 2.70. The molecule has 0 aliphatic heterocycles. The van der Waals surface area contributed by atoms with Crippen molar-refractivity contribution < 1.29 is 4.79 Å². The van der Waals surface area contributed by atoms with Gasteiger partial charge in [-0.2, -0.15) is 0 Å². The Morgan fingerprint density at radius 3 is 2.15 bits per heavy atom. The second kappa shape index (κ2) is 7.40. The molecule has 132 valence electrons. The van der Waals surface area contributed by atoms with E-state index in [9.17, 15) is 9.59 Å². The number of hydrogen-bond donors (Lipinski definition) is 2. The van der Waals surface area contributed by atoms with E-state index in [-0.39, 0.29) is 5.56 Å². The number of benzene rings is 2. The van der Waals surface area contributed by atoms with Gasteiger partial charge in [0, 0.05) is 11.4 Å². The maximum absolute atomic E-state index is 12.4. The summed E-state index contributed by atoms with van der Waals surface area (Å²) in [5.41, 5.74) is 4.30. The zero-order chi connectivity index (χ0) is 18.7. The molecule has 1 heterocycles. The maximum Gasteiger partial charge on any atom is 0.261 e. The molecule has 0 aliphatic carbocycles. The van der Waals surface area contributed by atoms with Crippen molar-refractivity contribution in [1.82, 2.24) is 4.98 Å². The van der Waals surface area contributed by atoms with E-state index in [1.54, 1.807) is 12.1 Å². The van der Waals surface area contributed by atoms with Gasteiger partial charge < -0.3 is 10.3 Å². The number of hydrogen-bond acceptors (Lipinski definition) is 2. The molecule has 0 saturated carbocycles. The average Bonchev–Trinajstić information content (AvgIpc) is 2.62. The number of aromatic amines is 1. The third kappa shape index (κ3) is 3.91. The van der Waals surface area contributed by atoms with E-state index in [0.29, 0.717) is 17.3 Å². The van der Waals surface area contributed by atoms with Gasteiger partial charge in [-0.15, -0.1) is 0 Å². The SMILES string of the molecule is Cc1ccc(-c2ccc(C(=O)Nc3ccc(C(C)C)cc3)c(=O)[nH]2)cc1. The van der Waals surface area contributed by atoms with Gasteiger partial charge in [-0.25, -0.2) is 0 Å². The van der Waals surface area contributed by atoms with Gasteiger partial charge in [-0.05, 0) is 48.2 Å². The van der Waals surface area contributed by atoms with Crippen molar-refractivity contribution in [2.24, 2.45) is 0 Å². The van der Waals surface area contributed by atoms with Gasteiger partial charge in [-0.3, -0.25) is 9.59 Å². The lowest BCUT2D eigenvalue weighted by molar-refractivity contribution is 0.102. The van der Waals surface area contributed by atoms with E-state index in [2.05, 4.69) is 24.1 Å². The number of nitrogens with one attached hydrogen (secondary N) is 2. The van der Waals surface area contributed by atoms with Crippen molar-refractivity contribution >= 4 is 11.6 Å². The van der Waals surface area contributed by atoms with E-state index in [0.717, 1.165) is 11.1 Å². The van der Waals surface area contributed by atoms with Gasteiger partial charge in [-0.1, -0.05) is 55.8 Å². The van der Waals surface area contributed by atoms with Crippen LogP contribution in [-0.2, 0) is 0 Å². The summed E-state index contributed by atoms with van der Waals surface area (Å²) in [5.74, 6) is 0.0101. The Morgan fingerprint density at radius 1 is 0.923 bits per heavy atom. The molecular weight excluding hydrogens is 324 g/mol. The molecule has 1 aromatic heterocycles. The minimum absolute atomic E-state index is 0.0915. The Bertz CT molecular complexity index is 968. The number of carbonyl (C=O) groups excluding carboxylic acids is 1. The normalized spacial score (nSPS) is 10.8. The van der Waals surface area contributed by atoms with Gasteiger partial charge in [0.1, 0.15) is 5.56 Å². The maximum atomic E-state index is 12.4. The second-order valence-corrected chi connectivity index (χ2v) is 6.71. The zero-order valence-corrected chi connectivity index (χ0v) is 15.2. The molecule has 2 aromatic carbocycles. The van der Waals surface area contributed by atoms with Crippen LogP contribution >= 0.6 is 0 Å². The fourth-order valence-electron chi connectivity index (χ4n) is 2.70. The first-order valence-corrected chi connectivity index (χ1v) is 8.66. The highest BCUT2D eigenvalue weighted by molar-refractivity contribution is 6.04. The Morgan fingerprint density at radius 2 is 1.58 bits per heavy atom. The van der Waals surface area contributed by atoms with Crippen LogP contribution in [0.3, 0.4) is 0 Å². The van der Waals surface area contributed by atoms with Crippen LogP contribution in [-0.4, -0.2) is 10.9 Å². The fraction of sp³-hybridized carbons (Fsp3) is 0.182. The van der Waals surface area contributed by atoms with E-state index >= 15 is 0 Å². The molecule has 2 N–H and O–H groups in total. The molecule has 0 fully saturated rings. The number of rotatable bonds is 4. The Balaban J connectivity index is 1.79. The summed E-state index contributed by atoms with van der Waals surface area (Å²) >= 11 is 0. The van der Waals surface area contributed by atoms with Crippen molar-refractivity contribution in [3.8, 4) is 11.3 Å². The summed E-state index contributed by atoms with van der Waals surface area (Å²) in [5, 5.41) is 2.77. The molecule has 0 spiro atoms. The first kappa shape index (κ1) is 17.7. The van der Waals surface area contributed by atoms with Crippen molar-refractivity contribution in [3.63, 3.8) is 0 Å². The molecule has 0 unspecified atom stereocenters. The third-order valence-corrected chi connectivity index (χ3v) is 4.35. The minimum Gasteiger partial charge on any atom is -0.322 e. The van der Waals surface area contributed by atoms with Crippen LogP contribution in [0.4, 0.5) is 5.69 Å². The lowest BCUT2D eigenvalue weighted by Crippen LogP contribution is -2.23. The third-order valence-electron chi connectivity index (χ3n) is 4.35. The summed E-state index contributed by atoms with van der Waals surface area (Å²) in [4.78, 5) is 27.5. The standard InChI is InChI=1S/C22H22N2O2/c1-14(2)16-8-10-18(11-9-16)23-21(25)19-12-13-20(24-22(19)26)17-6-4-15(3)5-7-17/h4-14H,1-3H3,(H,23,25)(H,24,26). The molecule has 0 radical (unpaired) electrons. The summed E-state index contributed by atoms with van der Waals surface area (Å²) < 4.78 is 0. The molecule has 3 rings (SSSR count). The Kier molecular flexibility index (Phi) is 5.03. The topological polar surface area (TPSA) is 62.0 Å².